The van der Waals surface area contributed by atoms with Crippen LogP contribution in [0.3, 0.4) is 0 Å². The molecule has 4 heteroatoms. The van der Waals surface area contributed by atoms with Gasteiger partial charge in [-0.05, 0) is 23.6 Å². The summed E-state index contributed by atoms with van der Waals surface area (Å²) in [7, 11) is 0. The van der Waals surface area contributed by atoms with Gasteiger partial charge in [-0.3, -0.25) is 0 Å². The van der Waals surface area contributed by atoms with Gasteiger partial charge < -0.3 is 5.73 Å². The highest BCUT2D eigenvalue weighted by molar-refractivity contribution is 7.99. The molecular formula is C11H15F2NS. The van der Waals surface area contributed by atoms with Crippen molar-refractivity contribution in [3.05, 3.63) is 29.3 Å². The molecule has 0 saturated heterocycles. The third-order valence-electron chi connectivity index (χ3n) is 1.85. The molecule has 0 saturated carbocycles. The predicted molar refractivity (Wildman–Crippen MR) is 59.8 cm³/mol. The third kappa shape index (κ3) is 3.47. The fraction of sp³-hybridized carbons (Fsp3) is 0.455. The van der Waals surface area contributed by atoms with Crippen LogP contribution in [0.25, 0.3) is 0 Å². The van der Waals surface area contributed by atoms with Gasteiger partial charge in [-0.1, -0.05) is 13.8 Å². The number of benzene rings is 1. The highest BCUT2D eigenvalue weighted by Gasteiger charge is 2.11. The molecule has 0 aliphatic heterocycles. The minimum absolute atomic E-state index is 0.0981. The molecule has 0 heterocycles. The molecule has 1 nitrogen and oxygen atoms in total. The molecule has 0 spiro atoms. The number of hydrogen-bond donors (Lipinski definition) is 1. The maximum atomic E-state index is 13.4. The van der Waals surface area contributed by atoms with Crippen molar-refractivity contribution < 1.29 is 8.78 Å². The summed E-state index contributed by atoms with van der Waals surface area (Å²) in [5, 5.41) is 0. The Kier molecular flexibility index (Phi) is 4.54. The molecule has 0 aliphatic rings. The Morgan fingerprint density at radius 3 is 2.20 bits per heavy atom. The molecular weight excluding hydrogens is 216 g/mol. The average molecular weight is 231 g/mol. The van der Waals surface area contributed by atoms with E-state index in [4.69, 9.17) is 5.73 Å². The standard InChI is InChI=1S/C11H15F2NS/c1-7(2)6-15-11-9(12)3-8(5-14)4-10(11)13/h3-4,7H,5-6,14H2,1-2H3. The molecule has 0 unspecified atom stereocenters. The first-order valence-electron chi connectivity index (χ1n) is 4.85. The summed E-state index contributed by atoms with van der Waals surface area (Å²) in [4.78, 5) is 0.0981. The molecule has 15 heavy (non-hydrogen) atoms. The van der Waals surface area contributed by atoms with E-state index in [2.05, 4.69) is 0 Å². The summed E-state index contributed by atoms with van der Waals surface area (Å²) in [6, 6.07) is 2.59. The van der Waals surface area contributed by atoms with Crippen LogP contribution in [0.2, 0.25) is 0 Å². The first-order chi connectivity index (χ1) is 7.04. The molecule has 2 N–H and O–H groups in total. The highest BCUT2D eigenvalue weighted by Crippen LogP contribution is 2.27. The highest BCUT2D eigenvalue weighted by atomic mass is 32.2. The van der Waals surface area contributed by atoms with Gasteiger partial charge in [0.2, 0.25) is 0 Å². The van der Waals surface area contributed by atoms with Crippen LogP contribution in [0.5, 0.6) is 0 Å². The van der Waals surface area contributed by atoms with E-state index in [1.54, 1.807) is 0 Å². The molecule has 0 aromatic heterocycles. The lowest BCUT2D eigenvalue weighted by Gasteiger charge is -2.08. The summed E-state index contributed by atoms with van der Waals surface area (Å²) >= 11 is 1.21. The normalized spacial score (nSPS) is 11.1. The molecule has 1 aromatic carbocycles. The lowest BCUT2D eigenvalue weighted by molar-refractivity contribution is 0.537. The number of nitrogens with two attached hydrogens (primary N) is 1. The Morgan fingerprint density at radius 1 is 1.27 bits per heavy atom. The Bertz CT molecular complexity index is 316. The molecule has 0 atom stereocenters. The molecule has 0 radical (unpaired) electrons. The van der Waals surface area contributed by atoms with Crippen molar-refractivity contribution in [3.8, 4) is 0 Å². The number of halogens is 2. The van der Waals surface area contributed by atoms with Gasteiger partial charge in [-0.2, -0.15) is 0 Å². The van der Waals surface area contributed by atoms with Crippen LogP contribution in [0.1, 0.15) is 19.4 Å². The maximum absolute atomic E-state index is 13.4. The van der Waals surface area contributed by atoms with Crippen LogP contribution in [0.15, 0.2) is 17.0 Å². The van der Waals surface area contributed by atoms with E-state index < -0.39 is 11.6 Å². The quantitative estimate of drug-likeness (QED) is 0.805. The van der Waals surface area contributed by atoms with Gasteiger partial charge in [0.25, 0.3) is 0 Å². The van der Waals surface area contributed by atoms with Crippen molar-refractivity contribution in [2.75, 3.05) is 5.75 Å². The van der Waals surface area contributed by atoms with E-state index in [0.717, 1.165) is 0 Å². The number of rotatable bonds is 4. The van der Waals surface area contributed by atoms with E-state index in [1.165, 1.54) is 23.9 Å². The topological polar surface area (TPSA) is 26.0 Å². The Hall–Kier alpha value is -0.610. The van der Waals surface area contributed by atoms with Gasteiger partial charge in [-0.15, -0.1) is 11.8 Å². The molecule has 1 aromatic rings. The van der Waals surface area contributed by atoms with E-state index in [9.17, 15) is 8.78 Å². The fourth-order valence-corrected chi connectivity index (χ4v) is 2.01. The SMILES string of the molecule is CC(C)CSc1c(F)cc(CN)cc1F. The van der Waals surface area contributed by atoms with Gasteiger partial charge in [0.15, 0.2) is 0 Å². The van der Waals surface area contributed by atoms with E-state index in [0.29, 0.717) is 17.2 Å². The van der Waals surface area contributed by atoms with Crippen molar-refractivity contribution in [2.45, 2.75) is 25.3 Å². The van der Waals surface area contributed by atoms with E-state index in [-0.39, 0.29) is 11.4 Å². The molecule has 1 rings (SSSR count). The van der Waals surface area contributed by atoms with Crippen molar-refractivity contribution in [1.29, 1.82) is 0 Å². The van der Waals surface area contributed by atoms with Gasteiger partial charge in [0.1, 0.15) is 11.6 Å². The van der Waals surface area contributed by atoms with Gasteiger partial charge in [-0.25, -0.2) is 8.78 Å². The molecule has 0 amide bonds. The number of thioether (sulfide) groups is 1. The monoisotopic (exact) mass is 231 g/mol. The molecule has 0 aliphatic carbocycles. The fourth-order valence-electron chi connectivity index (χ4n) is 1.12. The van der Waals surface area contributed by atoms with Crippen molar-refractivity contribution >= 4 is 11.8 Å². The zero-order valence-corrected chi connectivity index (χ0v) is 9.70. The average Bonchev–Trinajstić information content (AvgIpc) is 2.15. The Morgan fingerprint density at radius 2 is 1.80 bits per heavy atom. The van der Waals surface area contributed by atoms with Crippen LogP contribution in [-0.4, -0.2) is 5.75 Å². The largest absolute Gasteiger partial charge is 0.326 e. The zero-order chi connectivity index (χ0) is 11.4. The van der Waals surface area contributed by atoms with Gasteiger partial charge >= 0.3 is 0 Å². The van der Waals surface area contributed by atoms with E-state index in [1.807, 2.05) is 13.8 Å². The van der Waals surface area contributed by atoms with E-state index >= 15 is 0 Å². The molecule has 84 valence electrons. The van der Waals surface area contributed by atoms with Crippen molar-refractivity contribution in [1.82, 2.24) is 0 Å². The minimum atomic E-state index is -0.513. The van der Waals surface area contributed by atoms with Gasteiger partial charge in [0, 0.05) is 12.3 Å². The second-order valence-electron chi connectivity index (χ2n) is 3.80. The summed E-state index contributed by atoms with van der Waals surface area (Å²) in [6.45, 7) is 4.18. The van der Waals surface area contributed by atoms with Crippen molar-refractivity contribution in [3.63, 3.8) is 0 Å². The number of hydrogen-bond acceptors (Lipinski definition) is 2. The summed E-state index contributed by atoms with van der Waals surface area (Å²) in [5.74, 6) is 0.0840. The van der Waals surface area contributed by atoms with Crippen LogP contribution >= 0.6 is 11.8 Å². The Balaban J connectivity index is 2.88. The van der Waals surface area contributed by atoms with Crippen molar-refractivity contribution in [2.24, 2.45) is 11.7 Å². The zero-order valence-electron chi connectivity index (χ0n) is 8.89. The third-order valence-corrected chi connectivity index (χ3v) is 3.37. The van der Waals surface area contributed by atoms with Crippen LogP contribution in [0.4, 0.5) is 8.78 Å². The Labute approximate surface area is 93.1 Å². The summed E-state index contributed by atoms with van der Waals surface area (Å²) in [6.07, 6.45) is 0. The van der Waals surface area contributed by atoms with Crippen LogP contribution in [-0.2, 0) is 6.54 Å². The van der Waals surface area contributed by atoms with Crippen LogP contribution in [0, 0.1) is 17.6 Å². The lowest BCUT2D eigenvalue weighted by atomic mass is 10.2. The smallest absolute Gasteiger partial charge is 0.140 e. The second kappa shape index (κ2) is 5.47. The molecule has 0 bridgehead atoms. The first kappa shape index (κ1) is 12.5. The minimum Gasteiger partial charge on any atom is -0.326 e. The van der Waals surface area contributed by atoms with Crippen LogP contribution < -0.4 is 5.73 Å². The lowest BCUT2D eigenvalue weighted by Crippen LogP contribution is -2.00. The maximum Gasteiger partial charge on any atom is 0.140 e. The molecule has 0 fully saturated rings. The summed E-state index contributed by atoms with van der Waals surface area (Å²) < 4.78 is 26.9. The first-order valence-corrected chi connectivity index (χ1v) is 5.84. The summed E-state index contributed by atoms with van der Waals surface area (Å²) in [5.41, 5.74) is 5.80. The van der Waals surface area contributed by atoms with Gasteiger partial charge in [0.05, 0.1) is 4.90 Å². The second-order valence-corrected chi connectivity index (χ2v) is 4.83. The predicted octanol–water partition coefficient (Wildman–Crippen LogP) is 3.17.